The summed E-state index contributed by atoms with van der Waals surface area (Å²) in [7, 11) is 0. The van der Waals surface area contributed by atoms with Gasteiger partial charge in [-0.3, -0.25) is 0 Å². The minimum Gasteiger partial charge on any atom is -0.493 e. The van der Waals surface area contributed by atoms with E-state index in [0.717, 1.165) is 23.8 Å². The Morgan fingerprint density at radius 3 is 2.69 bits per heavy atom. The highest BCUT2D eigenvalue weighted by Gasteiger charge is 2.16. The lowest BCUT2D eigenvalue weighted by Gasteiger charge is -2.16. The Morgan fingerprint density at radius 1 is 1.31 bits per heavy atom. The summed E-state index contributed by atoms with van der Waals surface area (Å²) in [5.41, 5.74) is 7.03. The lowest BCUT2D eigenvalue weighted by Crippen LogP contribution is -2.12. The molecule has 1 aromatic carbocycles. The minimum absolute atomic E-state index is 0.0415. The molecule has 2 heteroatoms. The summed E-state index contributed by atoms with van der Waals surface area (Å²) in [4.78, 5) is 0. The molecule has 0 unspecified atom stereocenters. The number of ether oxygens (including phenoxy) is 1. The summed E-state index contributed by atoms with van der Waals surface area (Å²) < 4.78 is 5.90. The highest BCUT2D eigenvalue weighted by Crippen LogP contribution is 2.28. The molecular weight excluding hydrogens is 198 g/mol. The van der Waals surface area contributed by atoms with Gasteiger partial charge in [0.2, 0.25) is 0 Å². The maximum absolute atomic E-state index is 5.92. The van der Waals surface area contributed by atoms with Crippen molar-refractivity contribution in [3.8, 4) is 5.75 Å². The molecule has 1 aliphatic rings. The number of nitrogens with two attached hydrogens (primary N) is 1. The van der Waals surface area contributed by atoms with Gasteiger partial charge in [0.15, 0.2) is 0 Å². The summed E-state index contributed by atoms with van der Waals surface area (Å²) in [6.07, 6.45) is 5.37. The van der Waals surface area contributed by atoms with Crippen LogP contribution < -0.4 is 10.5 Å². The first-order valence-electron chi connectivity index (χ1n) is 6.24. The minimum atomic E-state index is 0.0415. The van der Waals surface area contributed by atoms with Crippen molar-refractivity contribution in [3.05, 3.63) is 29.8 Å². The molecule has 0 heterocycles. The van der Waals surface area contributed by atoms with Crippen LogP contribution in [0.5, 0.6) is 5.75 Å². The second-order valence-corrected chi connectivity index (χ2v) is 4.79. The van der Waals surface area contributed by atoms with Crippen LogP contribution in [0.25, 0.3) is 0 Å². The molecule has 0 spiro atoms. The predicted octanol–water partition coefficient (Wildman–Crippen LogP) is 3.28. The maximum atomic E-state index is 5.92. The van der Waals surface area contributed by atoms with Crippen molar-refractivity contribution >= 4 is 0 Å². The van der Waals surface area contributed by atoms with Crippen LogP contribution in [0, 0.1) is 5.92 Å². The Balaban J connectivity index is 1.97. The van der Waals surface area contributed by atoms with Crippen LogP contribution in [0.4, 0.5) is 0 Å². The molecule has 0 aliphatic heterocycles. The Kier molecular flexibility index (Phi) is 3.83. The van der Waals surface area contributed by atoms with Gasteiger partial charge in [0.25, 0.3) is 0 Å². The number of para-hydroxylation sites is 1. The fourth-order valence-electron chi connectivity index (χ4n) is 2.37. The van der Waals surface area contributed by atoms with E-state index in [1.54, 1.807) is 0 Å². The largest absolute Gasteiger partial charge is 0.493 e. The highest BCUT2D eigenvalue weighted by molar-refractivity contribution is 5.35. The molecule has 0 saturated heterocycles. The van der Waals surface area contributed by atoms with Gasteiger partial charge in [0.1, 0.15) is 5.75 Å². The maximum Gasteiger partial charge on any atom is 0.124 e. The summed E-state index contributed by atoms with van der Waals surface area (Å²) in [6.45, 7) is 2.85. The molecule has 2 rings (SSSR count). The zero-order valence-corrected chi connectivity index (χ0v) is 9.99. The first kappa shape index (κ1) is 11.5. The van der Waals surface area contributed by atoms with Crippen LogP contribution in [-0.4, -0.2) is 6.61 Å². The quantitative estimate of drug-likeness (QED) is 0.843. The van der Waals surface area contributed by atoms with Crippen LogP contribution in [0.3, 0.4) is 0 Å². The van der Waals surface area contributed by atoms with Gasteiger partial charge in [-0.05, 0) is 31.7 Å². The third-order valence-corrected chi connectivity index (χ3v) is 3.36. The zero-order valence-electron chi connectivity index (χ0n) is 9.99. The average molecular weight is 219 g/mol. The normalized spacial score (nSPS) is 18.6. The number of hydrogen-bond acceptors (Lipinski definition) is 2. The zero-order chi connectivity index (χ0) is 11.4. The third kappa shape index (κ3) is 2.76. The molecule has 1 saturated carbocycles. The molecule has 0 radical (unpaired) electrons. The Morgan fingerprint density at radius 2 is 2.00 bits per heavy atom. The second kappa shape index (κ2) is 5.35. The molecule has 16 heavy (non-hydrogen) atoms. The number of rotatable bonds is 4. The summed E-state index contributed by atoms with van der Waals surface area (Å²) >= 11 is 0. The molecule has 0 bridgehead atoms. The smallest absolute Gasteiger partial charge is 0.124 e. The van der Waals surface area contributed by atoms with Gasteiger partial charge in [-0.2, -0.15) is 0 Å². The van der Waals surface area contributed by atoms with Crippen LogP contribution >= 0.6 is 0 Å². The third-order valence-electron chi connectivity index (χ3n) is 3.36. The van der Waals surface area contributed by atoms with Crippen molar-refractivity contribution in [3.63, 3.8) is 0 Å². The van der Waals surface area contributed by atoms with Gasteiger partial charge < -0.3 is 10.5 Å². The molecule has 1 aliphatic carbocycles. The fourth-order valence-corrected chi connectivity index (χ4v) is 2.37. The van der Waals surface area contributed by atoms with E-state index in [4.69, 9.17) is 10.5 Å². The van der Waals surface area contributed by atoms with E-state index in [-0.39, 0.29) is 6.04 Å². The molecule has 1 fully saturated rings. The van der Waals surface area contributed by atoms with Gasteiger partial charge in [-0.15, -0.1) is 0 Å². The Hall–Kier alpha value is -1.02. The SMILES string of the molecule is C[C@H](N)c1ccccc1OCC1CCCC1. The van der Waals surface area contributed by atoms with E-state index >= 15 is 0 Å². The van der Waals surface area contributed by atoms with Gasteiger partial charge in [-0.25, -0.2) is 0 Å². The monoisotopic (exact) mass is 219 g/mol. The molecular formula is C14H21NO. The van der Waals surface area contributed by atoms with E-state index in [0.29, 0.717) is 0 Å². The molecule has 0 amide bonds. The number of hydrogen-bond donors (Lipinski definition) is 1. The van der Waals surface area contributed by atoms with Crippen LogP contribution in [0.2, 0.25) is 0 Å². The van der Waals surface area contributed by atoms with Gasteiger partial charge in [-0.1, -0.05) is 31.0 Å². The van der Waals surface area contributed by atoms with Crippen molar-refractivity contribution < 1.29 is 4.74 Å². The highest BCUT2D eigenvalue weighted by atomic mass is 16.5. The van der Waals surface area contributed by atoms with E-state index in [1.807, 2.05) is 25.1 Å². The molecule has 2 N–H and O–H groups in total. The first-order chi connectivity index (χ1) is 7.77. The fraction of sp³-hybridized carbons (Fsp3) is 0.571. The topological polar surface area (TPSA) is 35.2 Å². The van der Waals surface area contributed by atoms with E-state index in [2.05, 4.69) is 6.07 Å². The molecule has 0 aromatic heterocycles. The summed E-state index contributed by atoms with van der Waals surface area (Å²) in [6, 6.07) is 8.14. The van der Waals surface area contributed by atoms with Crippen molar-refractivity contribution in [2.24, 2.45) is 11.7 Å². The van der Waals surface area contributed by atoms with Crippen molar-refractivity contribution in [2.75, 3.05) is 6.61 Å². The van der Waals surface area contributed by atoms with Crippen LogP contribution in [0.1, 0.15) is 44.2 Å². The molecule has 1 atom stereocenters. The second-order valence-electron chi connectivity index (χ2n) is 4.79. The van der Waals surface area contributed by atoms with Crippen molar-refractivity contribution in [1.29, 1.82) is 0 Å². The molecule has 88 valence electrons. The Labute approximate surface area is 97.8 Å². The molecule has 2 nitrogen and oxygen atoms in total. The average Bonchev–Trinajstić information content (AvgIpc) is 2.79. The van der Waals surface area contributed by atoms with E-state index in [9.17, 15) is 0 Å². The molecule has 1 aromatic rings. The summed E-state index contributed by atoms with van der Waals surface area (Å²) in [5, 5.41) is 0. The van der Waals surface area contributed by atoms with Crippen LogP contribution in [0.15, 0.2) is 24.3 Å². The first-order valence-corrected chi connectivity index (χ1v) is 6.24. The standard InChI is InChI=1S/C14H21NO/c1-11(15)13-8-4-5-9-14(13)16-10-12-6-2-3-7-12/h4-5,8-9,11-12H,2-3,6-7,10,15H2,1H3/t11-/m0/s1. The predicted molar refractivity (Wildman–Crippen MR) is 66.5 cm³/mol. The van der Waals surface area contributed by atoms with Crippen molar-refractivity contribution in [2.45, 2.75) is 38.6 Å². The van der Waals surface area contributed by atoms with Crippen LogP contribution in [-0.2, 0) is 0 Å². The van der Waals surface area contributed by atoms with E-state index < -0.39 is 0 Å². The summed E-state index contributed by atoms with van der Waals surface area (Å²) in [5.74, 6) is 1.71. The van der Waals surface area contributed by atoms with Gasteiger partial charge in [0, 0.05) is 11.6 Å². The number of benzene rings is 1. The lowest BCUT2D eigenvalue weighted by atomic mass is 10.1. The lowest BCUT2D eigenvalue weighted by molar-refractivity contribution is 0.249. The van der Waals surface area contributed by atoms with Crippen molar-refractivity contribution in [1.82, 2.24) is 0 Å². The Bertz CT molecular complexity index is 329. The van der Waals surface area contributed by atoms with E-state index in [1.165, 1.54) is 25.7 Å². The van der Waals surface area contributed by atoms with Gasteiger partial charge >= 0.3 is 0 Å². The van der Waals surface area contributed by atoms with Gasteiger partial charge in [0.05, 0.1) is 6.61 Å².